The third-order valence-corrected chi connectivity index (χ3v) is 5.42. The molecule has 0 N–H and O–H groups in total. The Bertz CT molecular complexity index is 947. The number of alkyl halides is 3. The van der Waals surface area contributed by atoms with Crippen LogP contribution in [0, 0.1) is 11.3 Å². The van der Waals surface area contributed by atoms with Gasteiger partial charge in [-0.05, 0) is 29.8 Å². The molecule has 0 aliphatic rings. The van der Waals surface area contributed by atoms with Crippen molar-refractivity contribution in [2.24, 2.45) is 0 Å². The Morgan fingerprint density at radius 1 is 1.15 bits per heavy atom. The molecule has 0 unspecified atom stereocenters. The maximum atomic E-state index is 12.9. The van der Waals surface area contributed by atoms with E-state index in [1.165, 1.54) is 12.1 Å². The molecule has 0 spiro atoms. The van der Waals surface area contributed by atoms with Crippen LogP contribution in [-0.2, 0) is 22.7 Å². The van der Waals surface area contributed by atoms with Crippen LogP contribution in [0.5, 0.6) is 0 Å². The molecule has 2 aromatic carbocycles. The van der Waals surface area contributed by atoms with Gasteiger partial charge in [-0.25, -0.2) is 8.42 Å². The van der Waals surface area contributed by atoms with E-state index in [-0.39, 0.29) is 13.1 Å². The average molecular weight is 380 g/mol. The van der Waals surface area contributed by atoms with Crippen LogP contribution in [0.3, 0.4) is 0 Å². The fourth-order valence-electron chi connectivity index (χ4n) is 2.33. The molecule has 2 aromatic rings. The molecule has 0 saturated heterocycles. The van der Waals surface area contributed by atoms with Gasteiger partial charge in [0, 0.05) is 13.1 Å². The minimum atomic E-state index is -4.65. The van der Waals surface area contributed by atoms with Gasteiger partial charge in [-0.1, -0.05) is 30.3 Å². The Hall–Kier alpha value is -2.63. The van der Waals surface area contributed by atoms with Crippen molar-refractivity contribution in [1.82, 2.24) is 4.31 Å². The summed E-state index contributed by atoms with van der Waals surface area (Å²) in [6.07, 6.45) is -3.32. The highest BCUT2D eigenvalue weighted by Crippen LogP contribution is 2.31. The maximum Gasteiger partial charge on any atom is 0.416 e. The number of hydrogen-bond donors (Lipinski definition) is 0. The van der Waals surface area contributed by atoms with E-state index in [0.29, 0.717) is 17.2 Å². The molecule has 136 valence electrons. The molecule has 26 heavy (non-hydrogen) atoms. The first-order valence-electron chi connectivity index (χ1n) is 7.46. The van der Waals surface area contributed by atoms with E-state index in [1.54, 1.807) is 18.2 Å². The summed E-state index contributed by atoms with van der Waals surface area (Å²) in [5.41, 5.74) is -0.303. The quantitative estimate of drug-likeness (QED) is 0.713. The van der Waals surface area contributed by atoms with Gasteiger partial charge < -0.3 is 0 Å². The van der Waals surface area contributed by atoms with E-state index in [2.05, 4.69) is 6.58 Å². The largest absolute Gasteiger partial charge is 0.416 e. The van der Waals surface area contributed by atoms with Crippen molar-refractivity contribution in [3.63, 3.8) is 0 Å². The molecule has 0 saturated carbocycles. The summed E-state index contributed by atoms with van der Waals surface area (Å²) in [5.74, 6) is 0. The van der Waals surface area contributed by atoms with Crippen LogP contribution in [-0.4, -0.2) is 19.3 Å². The highest BCUT2D eigenvalue weighted by Gasteiger charge is 2.33. The van der Waals surface area contributed by atoms with E-state index < -0.39 is 26.7 Å². The lowest BCUT2D eigenvalue weighted by molar-refractivity contribution is -0.137. The van der Waals surface area contributed by atoms with Crippen LogP contribution in [0.15, 0.2) is 66.1 Å². The van der Waals surface area contributed by atoms with E-state index in [1.807, 2.05) is 6.07 Å². The topological polar surface area (TPSA) is 61.2 Å². The fourth-order valence-corrected chi connectivity index (χ4v) is 3.77. The summed E-state index contributed by atoms with van der Waals surface area (Å²) in [6.45, 7) is 3.23. The van der Waals surface area contributed by atoms with E-state index in [0.717, 1.165) is 22.5 Å². The number of benzene rings is 2. The summed E-state index contributed by atoms with van der Waals surface area (Å²) < 4.78 is 65.3. The summed E-state index contributed by atoms with van der Waals surface area (Å²) in [5, 5.41) is 9.14. The Kier molecular flexibility index (Phi) is 5.85. The van der Waals surface area contributed by atoms with E-state index in [4.69, 9.17) is 5.26 Å². The van der Waals surface area contributed by atoms with Gasteiger partial charge in [-0.2, -0.15) is 22.7 Å². The third-order valence-electron chi connectivity index (χ3n) is 3.62. The van der Waals surface area contributed by atoms with Crippen molar-refractivity contribution in [2.75, 3.05) is 6.54 Å². The van der Waals surface area contributed by atoms with Crippen molar-refractivity contribution in [3.8, 4) is 6.07 Å². The molecule has 0 fully saturated rings. The molecule has 8 heteroatoms. The van der Waals surface area contributed by atoms with Crippen LogP contribution in [0.2, 0.25) is 0 Å². The second kappa shape index (κ2) is 7.72. The normalized spacial score (nSPS) is 12.0. The summed E-state index contributed by atoms with van der Waals surface area (Å²) in [7, 11) is -4.22. The molecule has 0 aromatic heterocycles. The van der Waals surface area contributed by atoms with Crippen molar-refractivity contribution in [3.05, 3.63) is 77.9 Å². The fraction of sp³-hybridized carbons (Fsp3) is 0.167. The standard InChI is InChI=1S/C18H15F3N2O2S/c1-2-10-23(13-15-7-4-3-6-14(15)12-22)26(24,25)17-9-5-8-16(11-17)18(19,20)21/h2-9,11H,1,10,13H2. The highest BCUT2D eigenvalue weighted by atomic mass is 32.2. The smallest absolute Gasteiger partial charge is 0.207 e. The van der Waals surface area contributed by atoms with Crippen LogP contribution < -0.4 is 0 Å². The molecule has 0 bridgehead atoms. The van der Waals surface area contributed by atoms with Crippen LogP contribution in [0.25, 0.3) is 0 Å². The zero-order valence-corrected chi connectivity index (χ0v) is 14.4. The van der Waals surface area contributed by atoms with Gasteiger partial charge in [0.1, 0.15) is 0 Å². The molecule has 0 aliphatic carbocycles. The monoisotopic (exact) mass is 380 g/mol. The second-order valence-electron chi connectivity index (χ2n) is 5.38. The van der Waals surface area contributed by atoms with Crippen LogP contribution >= 0.6 is 0 Å². The van der Waals surface area contributed by atoms with Gasteiger partial charge in [0.25, 0.3) is 0 Å². The zero-order chi connectivity index (χ0) is 19.4. The van der Waals surface area contributed by atoms with Gasteiger partial charge in [0.15, 0.2) is 0 Å². The number of rotatable bonds is 6. The zero-order valence-electron chi connectivity index (χ0n) is 13.6. The Morgan fingerprint density at radius 3 is 2.46 bits per heavy atom. The Labute approximate surface area is 149 Å². The number of hydrogen-bond acceptors (Lipinski definition) is 3. The molecular weight excluding hydrogens is 365 g/mol. The summed E-state index contributed by atoms with van der Waals surface area (Å²) in [4.78, 5) is -0.469. The third kappa shape index (κ3) is 4.31. The predicted octanol–water partition coefficient (Wildman–Crippen LogP) is 3.95. The van der Waals surface area contributed by atoms with Crippen LogP contribution in [0.4, 0.5) is 13.2 Å². The number of nitriles is 1. The Morgan fingerprint density at radius 2 is 1.85 bits per heavy atom. The first-order valence-corrected chi connectivity index (χ1v) is 8.90. The number of nitrogens with zero attached hydrogens (tertiary/aromatic N) is 2. The maximum absolute atomic E-state index is 12.9. The van der Waals surface area contributed by atoms with E-state index in [9.17, 15) is 21.6 Å². The molecular formula is C18H15F3N2O2S. The molecule has 0 aliphatic heterocycles. The van der Waals surface area contributed by atoms with Crippen LogP contribution in [0.1, 0.15) is 16.7 Å². The SMILES string of the molecule is C=CCN(Cc1ccccc1C#N)S(=O)(=O)c1cccc(C(F)(F)F)c1. The molecule has 0 atom stereocenters. The predicted molar refractivity (Wildman–Crippen MR) is 90.4 cm³/mol. The van der Waals surface area contributed by atoms with Crippen molar-refractivity contribution >= 4 is 10.0 Å². The molecule has 0 amide bonds. The van der Waals surface area contributed by atoms with Gasteiger partial charge in [0.05, 0.1) is 22.1 Å². The lowest BCUT2D eigenvalue weighted by atomic mass is 10.1. The minimum Gasteiger partial charge on any atom is -0.207 e. The van der Waals surface area contributed by atoms with Crippen molar-refractivity contribution in [1.29, 1.82) is 5.26 Å². The van der Waals surface area contributed by atoms with Gasteiger partial charge in [-0.3, -0.25) is 0 Å². The number of sulfonamides is 1. The van der Waals surface area contributed by atoms with Gasteiger partial charge >= 0.3 is 6.18 Å². The van der Waals surface area contributed by atoms with Gasteiger partial charge in [0.2, 0.25) is 10.0 Å². The van der Waals surface area contributed by atoms with E-state index >= 15 is 0 Å². The molecule has 2 rings (SSSR count). The Balaban J connectivity index is 2.46. The highest BCUT2D eigenvalue weighted by molar-refractivity contribution is 7.89. The van der Waals surface area contributed by atoms with Crippen molar-refractivity contribution < 1.29 is 21.6 Å². The minimum absolute atomic E-state index is 0.113. The lowest BCUT2D eigenvalue weighted by Gasteiger charge is -2.22. The first kappa shape index (κ1) is 19.7. The second-order valence-corrected chi connectivity index (χ2v) is 7.32. The molecule has 0 heterocycles. The lowest BCUT2D eigenvalue weighted by Crippen LogP contribution is -2.31. The summed E-state index contributed by atoms with van der Waals surface area (Å²) in [6, 6.07) is 12.0. The van der Waals surface area contributed by atoms with Gasteiger partial charge in [-0.15, -0.1) is 6.58 Å². The first-order chi connectivity index (χ1) is 12.2. The molecule has 4 nitrogen and oxygen atoms in total. The number of halogens is 3. The average Bonchev–Trinajstić information content (AvgIpc) is 2.61. The molecule has 0 radical (unpaired) electrons. The van der Waals surface area contributed by atoms with Crippen molar-refractivity contribution in [2.45, 2.75) is 17.6 Å². The summed E-state index contributed by atoms with van der Waals surface area (Å²) >= 11 is 0.